The Kier molecular flexibility index (Phi) is 5.35. The molecule has 0 radical (unpaired) electrons. The standard InChI is InChI=1S/C25H19FN4O2S/c1-16(31)29(18-7-3-2-4-8-18)25-28-22(15-33-25)23-27-21-10-6-5-9-20(21)24(32)30(23)19-13-11-17(26)12-14-19/h2-15,23,27H,1H3. The molecule has 1 aromatic heterocycles. The van der Waals surface area contributed by atoms with Crippen molar-refractivity contribution in [3.05, 3.63) is 101 Å². The average molecular weight is 459 g/mol. The van der Waals surface area contributed by atoms with E-state index >= 15 is 0 Å². The number of benzene rings is 3. The summed E-state index contributed by atoms with van der Waals surface area (Å²) in [5.41, 5.74) is 3.02. The van der Waals surface area contributed by atoms with Gasteiger partial charge in [0.1, 0.15) is 5.82 Å². The number of nitrogens with one attached hydrogen (secondary N) is 1. The minimum atomic E-state index is -0.632. The van der Waals surface area contributed by atoms with E-state index in [9.17, 15) is 14.0 Å². The van der Waals surface area contributed by atoms with Gasteiger partial charge < -0.3 is 5.32 Å². The molecule has 0 fully saturated rings. The van der Waals surface area contributed by atoms with Crippen molar-refractivity contribution in [1.82, 2.24) is 4.98 Å². The fourth-order valence-corrected chi connectivity index (χ4v) is 4.74. The molecule has 0 spiro atoms. The Morgan fingerprint density at radius 1 is 1.03 bits per heavy atom. The zero-order valence-electron chi connectivity index (χ0n) is 17.6. The van der Waals surface area contributed by atoms with E-state index in [4.69, 9.17) is 4.98 Å². The second kappa shape index (κ2) is 8.48. The lowest BCUT2D eigenvalue weighted by molar-refractivity contribution is -0.115. The SMILES string of the molecule is CC(=O)N(c1ccccc1)c1nc(C2Nc3ccccc3C(=O)N2c2ccc(F)cc2)cs1. The lowest BCUT2D eigenvalue weighted by Gasteiger charge is -2.37. The fraction of sp³-hybridized carbons (Fsp3) is 0.0800. The van der Waals surface area contributed by atoms with Gasteiger partial charge in [-0.15, -0.1) is 11.3 Å². The number of hydrogen-bond donors (Lipinski definition) is 1. The fourth-order valence-electron chi connectivity index (χ4n) is 3.84. The number of halogens is 1. The molecular formula is C25H19FN4O2S. The van der Waals surface area contributed by atoms with E-state index in [0.717, 1.165) is 0 Å². The summed E-state index contributed by atoms with van der Waals surface area (Å²) in [6.07, 6.45) is -0.632. The Bertz CT molecular complexity index is 1320. The molecule has 0 bridgehead atoms. The van der Waals surface area contributed by atoms with Crippen molar-refractivity contribution in [2.75, 3.05) is 15.1 Å². The van der Waals surface area contributed by atoms with Crippen molar-refractivity contribution < 1.29 is 14.0 Å². The number of amides is 2. The summed E-state index contributed by atoms with van der Waals surface area (Å²) >= 11 is 1.31. The van der Waals surface area contributed by atoms with Crippen LogP contribution in [0.1, 0.15) is 29.1 Å². The van der Waals surface area contributed by atoms with Crippen LogP contribution in [0.25, 0.3) is 0 Å². The lowest BCUT2D eigenvalue weighted by Crippen LogP contribution is -2.43. The van der Waals surface area contributed by atoms with Crippen molar-refractivity contribution in [2.45, 2.75) is 13.1 Å². The molecule has 1 unspecified atom stereocenters. The van der Waals surface area contributed by atoms with Crippen molar-refractivity contribution in [3.63, 3.8) is 0 Å². The third kappa shape index (κ3) is 3.85. The molecule has 0 saturated heterocycles. The molecule has 1 atom stereocenters. The summed E-state index contributed by atoms with van der Waals surface area (Å²) in [5.74, 6) is -0.776. The van der Waals surface area contributed by atoms with E-state index < -0.39 is 6.17 Å². The number of carbonyl (C=O) groups is 2. The molecule has 0 aliphatic carbocycles. The predicted octanol–water partition coefficient (Wildman–Crippen LogP) is 5.74. The van der Waals surface area contributed by atoms with E-state index in [1.165, 1.54) is 35.3 Å². The second-order valence-corrected chi connectivity index (χ2v) is 8.33. The summed E-state index contributed by atoms with van der Waals surface area (Å²) < 4.78 is 13.6. The Balaban J connectivity index is 1.58. The number of anilines is 4. The van der Waals surface area contributed by atoms with Crippen LogP contribution in [0.2, 0.25) is 0 Å². The van der Waals surface area contributed by atoms with Crippen molar-refractivity contribution >= 4 is 45.3 Å². The molecular weight excluding hydrogens is 439 g/mol. The highest BCUT2D eigenvalue weighted by Gasteiger charge is 2.36. The van der Waals surface area contributed by atoms with Gasteiger partial charge in [0.2, 0.25) is 5.91 Å². The third-order valence-corrected chi connectivity index (χ3v) is 6.19. The molecule has 1 N–H and O–H groups in total. The van der Waals surface area contributed by atoms with Gasteiger partial charge in [0, 0.05) is 23.7 Å². The highest BCUT2D eigenvalue weighted by Crippen LogP contribution is 2.38. The van der Waals surface area contributed by atoms with Gasteiger partial charge in [-0.05, 0) is 48.5 Å². The van der Waals surface area contributed by atoms with Crippen LogP contribution in [-0.4, -0.2) is 16.8 Å². The highest BCUT2D eigenvalue weighted by atomic mass is 32.1. The van der Waals surface area contributed by atoms with Crippen molar-refractivity contribution in [2.24, 2.45) is 0 Å². The van der Waals surface area contributed by atoms with Gasteiger partial charge in [-0.2, -0.15) is 0 Å². The summed E-state index contributed by atoms with van der Waals surface area (Å²) in [5, 5.41) is 5.70. The maximum Gasteiger partial charge on any atom is 0.262 e. The molecule has 5 rings (SSSR count). The molecule has 2 heterocycles. The number of thiazole rings is 1. The molecule has 4 aromatic rings. The number of nitrogens with zero attached hydrogens (tertiary/aromatic N) is 3. The highest BCUT2D eigenvalue weighted by molar-refractivity contribution is 7.14. The molecule has 0 saturated carbocycles. The maximum absolute atomic E-state index is 13.6. The lowest BCUT2D eigenvalue weighted by atomic mass is 10.1. The van der Waals surface area contributed by atoms with Gasteiger partial charge in [-0.1, -0.05) is 30.3 Å². The number of fused-ring (bicyclic) bond motifs is 1. The number of carbonyl (C=O) groups excluding carboxylic acids is 2. The van der Waals surface area contributed by atoms with E-state index in [-0.39, 0.29) is 17.6 Å². The van der Waals surface area contributed by atoms with Gasteiger partial charge in [-0.25, -0.2) is 9.37 Å². The minimum Gasteiger partial charge on any atom is -0.359 e. The summed E-state index contributed by atoms with van der Waals surface area (Å²) in [6.45, 7) is 1.48. The Hall–Kier alpha value is -4.04. The molecule has 33 heavy (non-hydrogen) atoms. The van der Waals surface area contributed by atoms with Gasteiger partial charge >= 0.3 is 0 Å². The molecule has 3 aromatic carbocycles. The number of hydrogen-bond acceptors (Lipinski definition) is 5. The normalized spacial score (nSPS) is 15.0. The molecule has 164 valence electrons. The van der Waals surface area contributed by atoms with Crippen LogP contribution < -0.4 is 15.1 Å². The van der Waals surface area contributed by atoms with Gasteiger partial charge in [0.05, 0.1) is 16.9 Å². The molecule has 8 heteroatoms. The zero-order valence-corrected chi connectivity index (χ0v) is 18.4. The first-order chi connectivity index (χ1) is 16.0. The Morgan fingerprint density at radius 3 is 2.45 bits per heavy atom. The van der Waals surface area contributed by atoms with Crippen molar-refractivity contribution in [1.29, 1.82) is 0 Å². The van der Waals surface area contributed by atoms with E-state index in [2.05, 4.69) is 5.32 Å². The third-order valence-electron chi connectivity index (χ3n) is 5.34. The van der Waals surface area contributed by atoms with E-state index in [0.29, 0.717) is 33.5 Å². The molecule has 1 aliphatic rings. The van der Waals surface area contributed by atoms with E-state index in [1.807, 2.05) is 47.8 Å². The van der Waals surface area contributed by atoms with Crippen molar-refractivity contribution in [3.8, 4) is 0 Å². The second-order valence-electron chi connectivity index (χ2n) is 7.49. The van der Waals surface area contributed by atoms with Crippen LogP contribution in [0.5, 0.6) is 0 Å². The zero-order chi connectivity index (χ0) is 22.9. The van der Waals surface area contributed by atoms with Crippen LogP contribution in [0.3, 0.4) is 0 Å². The predicted molar refractivity (Wildman–Crippen MR) is 127 cm³/mol. The first kappa shape index (κ1) is 20.8. The smallest absolute Gasteiger partial charge is 0.262 e. The average Bonchev–Trinajstić information content (AvgIpc) is 3.30. The quantitative estimate of drug-likeness (QED) is 0.424. The number of aromatic nitrogens is 1. The first-order valence-corrected chi connectivity index (χ1v) is 11.2. The Labute approximate surface area is 193 Å². The molecule has 6 nitrogen and oxygen atoms in total. The molecule has 2 amide bonds. The number of rotatable bonds is 4. The maximum atomic E-state index is 13.6. The Morgan fingerprint density at radius 2 is 1.73 bits per heavy atom. The van der Waals surface area contributed by atoms with Gasteiger partial charge in [0.25, 0.3) is 5.91 Å². The van der Waals surface area contributed by atoms with Crippen LogP contribution in [0.15, 0.2) is 84.2 Å². The summed E-state index contributed by atoms with van der Waals surface area (Å²) in [6, 6.07) is 22.3. The number of para-hydroxylation sites is 2. The monoisotopic (exact) mass is 458 g/mol. The van der Waals surface area contributed by atoms with Gasteiger partial charge in [0.15, 0.2) is 11.3 Å². The summed E-state index contributed by atoms with van der Waals surface area (Å²) in [7, 11) is 0. The minimum absolute atomic E-state index is 0.171. The summed E-state index contributed by atoms with van der Waals surface area (Å²) in [4.78, 5) is 33.7. The van der Waals surface area contributed by atoms with Crippen LogP contribution >= 0.6 is 11.3 Å². The topological polar surface area (TPSA) is 65.5 Å². The largest absolute Gasteiger partial charge is 0.359 e. The van der Waals surface area contributed by atoms with E-state index in [1.54, 1.807) is 29.2 Å². The van der Waals surface area contributed by atoms with Gasteiger partial charge in [-0.3, -0.25) is 19.4 Å². The first-order valence-electron chi connectivity index (χ1n) is 10.3. The van der Waals surface area contributed by atoms with Crippen LogP contribution in [0.4, 0.5) is 26.6 Å². The van der Waals surface area contributed by atoms with Crippen LogP contribution in [-0.2, 0) is 4.79 Å². The molecule has 1 aliphatic heterocycles. The van der Waals surface area contributed by atoms with Crippen LogP contribution in [0, 0.1) is 5.82 Å².